The van der Waals surface area contributed by atoms with Gasteiger partial charge in [-0.3, -0.25) is 0 Å². The first-order valence-electron chi connectivity index (χ1n) is 6.99. The van der Waals surface area contributed by atoms with Crippen LogP contribution in [0.4, 0.5) is 17.5 Å². The summed E-state index contributed by atoms with van der Waals surface area (Å²) in [4.78, 5) is 8.52. The second kappa shape index (κ2) is 7.69. The van der Waals surface area contributed by atoms with Crippen molar-refractivity contribution in [3.8, 4) is 5.75 Å². The zero-order valence-corrected chi connectivity index (χ0v) is 12.9. The standard InChI is InChI=1S/C15H19ClN4O/c1-3-8-17-15-18-10-13(16)14(20-15)19-11-6-5-7-12(9-11)21-4-2/h5-7,9-10H,3-4,8H2,1-2H3,(H2,17,18,19,20). The van der Waals surface area contributed by atoms with Crippen LogP contribution >= 0.6 is 11.6 Å². The van der Waals surface area contributed by atoms with Gasteiger partial charge in [0.2, 0.25) is 5.95 Å². The Morgan fingerprint density at radius 3 is 2.90 bits per heavy atom. The van der Waals surface area contributed by atoms with Crippen LogP contribution in [-0.4, -0.2) is 23.1 Å². The number of nitrogens with zero attached hydrogens (tertiary/aromatic N) is 2. The maximum Gasteiger partial charge on any atom is 0.224 e. The number of ether oxygens (including phenoxy) is 1. The van der Waals surface area contributed by atoms with Crippen LogP contribution in [0.1, 0.15) is 20.3 Å². The smallest absolute Gasteiger partial charge is 0.224 e. The van der Waals surface area contributed by atoms with Gasteiger partial charge in [0, 0.05) is 18.3 Å². The van der Waals surface area contributed by atoms with Gasteiger partial charge in [0.15, 0.2) is 5.82 Å². The van der Waals surface area contributed by atoms with E-state index in [9.17, 15) is 0 Å². The van der Waals surface area contributed by atoms with Crippen LogP contribution in [-0.2, 0) is 0 Å². The minimum Gasteiger partial charge on any atom is -0.494 e. The first-order valence-corrected chi connectivity index (χ1v) is 7.37. The van der Waals surface area contributed by atoms with Gasteiger partial charge in [-0.2, -0.15) is 4.98 Å². The molecule has 0 aliphatic carbocycles. The van der Waals surface area contributed by atoms with Gasteiger partial charge < -0.3 is 15.4 Å². The summed E-state index contributed by atoms with van der Waals surface area (Å²) in [6.07, 6.45) is 2.59. The zero-order chi connectivity index (χ0) is 15.1. The van der Waals surface area contributed by atoms with Crippen molar-refractivity contribution in [1.82, 2.24) is 9.97 Å². The Kier molecular flexibility index (Phi) is 5.63. The van der Waals surface area contributed by atoms with E-state index in [-0.39, 0.29) is 0 Å². The minimum atomic E-state index is 0.471. The van der Waals surface area contributed by atoms with Gasteiger partial charge in [-0.1, -0.05) is 24.6 Å². The van der Waals surface area contributed by atoms with E-state index in [1.807, 2.05) is 31.2 Å². The SMILES string of the molecule is CCCNc1ncc(Cl)c(Nc2cccc(OCC)c2)n1. The number of hydrogen-bond acceptors (Lipinski definition) is 5. The molecule has 21 heavy (non-hydrogen) atoms. The summed E-state index contributed by atoms with van der Waals surface area (Å²) in [7, 11) is 0. The molecule has 112 valence electrons. The lowest BCUT2D eigenvalue weighted by molar-refractivity contribution is 0.340. The van der Waals surface area contributed by atoms with Gasteiger partial charge in [-0.05, 0) is 25.5 Å². The van der Waals surface area contributed by atoms with Crippen LogP contribution < -0.4 is 15.4 Å². The van der Waals surface area contributed by atoms with Crippen molar-refractivity contribution in [2.24, 2.45) is 0 Å². The monoisotopic (exact) mass is 306 g/mol. The molecule has 6 heteroatoms. The van der Waals surface area contributed by atoms with Crippen molar-refractivity contribution < 1.29 is 4.74 Å². The summed E-state index contributed by atoms with van der Waals surface area (Å²) in [6, 6.07) is 7.66. The van der Waals surface area contributed by atoms with Crippen LogP contribution in [0.2, 0.25) is 5.02 Å². The highest BCUT2D eigenvalue weighted by Crippen LogP contribution is 2.25. The molecule has 0 bridgehead atoms. The Morgan fingerprint density at radius 2 is 2.14 bits per heavy atom. The molecule has 1 aromatic carbocycles. The highest BCUT2D eigenvalue weighted by Gasteiger charge is 2.06. The minimum absolute atomic E-state index is 0.471. The van der Waals surface area contributed by atoms with E-state index in [1.165, 1.54) is 0 Å². The second-order valence-electron chi connectivity index (χ2n) is 4.40. The predicted octanol–water partition coefficient (Wildman–Crippen LogP) is 4.09. The molecule has 2 aromatic rings. The predicted molar refractivity (Wildman–Crippen MR) is 86.7 cm³/mol. The molecule has 0 aliphatic rings. The van der Waals surface area contributed by atoms with Crippen molar-refractivity contribution >= 4 is 29.1 Å². The number of anilines is 3. The normalized spacial score (nSPS) is 10.2. The van der Waals surface area contributed by atoms with Crippen LogP contribution in [0, 0.1) is 0 Å². The van der Waals surface area contributed by atoms with E-state index < -0.39 is 0 Å². The molecule has 0 fully saturated rings. The number of halogens is 1. The molecule has 0 amide bonds. The third-order valence-corrected chi connectivity index (χ3v) is 2.96. The van der Waals surface area contributed by atoms with Crippen molar-refractivity contribution in [1.29, 1.82) is 0 Å². The molecule has 2 N–H and O–H groups in total. The van der Waals surface area contributed by atoms with Crippen LogP contribution in [0.5, 0.6) is 5.75 Å². The van der Waals surface area contributed by atoms with E-state index in [0.29, 0.717) is 23.4 Å². The van der Waals surface area contributed by atoms with Crippen LogP contribution in [0.15, 0.2) is 30.5 Å². The third-order valence-electron chi connectivity index (χ3n) is 2.68. The molecular weight excluding hydrogens is 288 g/mol. The first-order chi connectivity index (χ1) is 10.2. The Bertz CT molecular complexity index is 592. The summed E-state index contributed by atoms with van der Waals surface area (Å²) in [5.41, 5.74) is 0.864. The summed E-state index contributed by atoms with van der Waals surface area (Å²) in [5.74, 6) is 1.93. The molecule has 0 aliphatic heterocycles. The largest absolute Gasteiger partial charge is 0.494 e. The number of hydrogen-bond donors (Lipinski definition) is 2. The summed E-state index contributed by atoms with van der Waals surface area (Å²) < 4.78 is 5.47. The van der Waals surface area contributed by atoms with Gasteiger partial charge in [0.1, 0.15) is 10.8 Å². The lowest BCUT2D eigenvalue weighted by atomic mass is 10.3. The topological polar surface area (TPSA) is 59.1 Å². The van der Waals surface area contributed by atoms with E-state index in [1.54, 1.807) is 6.20 Å². The fourth-order valence-corrected chi connectivity index (χ4v) is 1.88. The van der Waals surface area contributed by atoms with E-state index in [4.69, 9.17) is 16.3 Å². The fourth-order valence-electron chi connectivity index (χ4n) is 1.74. The van der Waals surface area contributed by atoms with Crippen molar-refractivity contribution in [3.63, 3.8) is 0 Å². The first kappa shape index (κ1) is 15.4. The highest BCUT2D eigenvalue weighted by atomic mass is 35.5. The van der Waals surface area contributed by atoms with E-state index >= 15 is 0 Å². The fraction of sp³-hybridized carbons (Fsp3) is 0.333. The molecule has 2 rings (SSSR count). The maximum atomic E-state index is 6.13. The van der Waals surface area contributed by atoms with Gasteiger partial charge >= 0.3 is 0 Å². The van der Waals surface area contributed by atoms with E-state index in [0.717, 1.165) is 24.4 Å². The lowest BCUT2D eigenvalue weighted by Crippen LogP contribution is -2.06. The third kappa shape index (κ3) is 4.49. The summed E-state index contributed by atoms with van der Waals surface area (Å²) in [5, 5.41) is 6.79. The van der Waals surface area contributed by atoms with Crippen LogP contribution in [0.25, 0.3) is 0 Å². The average Bonchev–Trinajstić information content (AvgIpc) is 2.49. The molecule has 1 aromatic heterocycles. The lowest BCUT2D eigenvalue weighted by Gasteiger charge is -2.11. The van der Waals surface area contributed by atoms with Crippen molar-refractivity contribution in [2.75, 3.05) is 23.8 Å². The average molecular weight is 307 g/mol. The van der Waals surface area contributed by atoms with Gasteiger partial charge in [-0.15, -0.1) is 0 Å². The molecular formula is C15H19ClN4O. The molecule has 5 nitrogen and oxygen atoms in total. The molecule has 0 atom stereocenters. The second-order valence-corrected chi connectivity index (χ2v) is 4.81. The van der Waals surface area contributed by atoms with Crippen molar-refractivity contribution in [2.45, 2.75) is 20.3 Å². The quantitative estimate of drug-likeness (QED) is 0.806. The molecule has 1 heterocycles. The Labute approximate surface area is 129 Å². The molecule has 0 unspecified atom stereocenters. The molecule has 0 saturated carbocycles. The Morgan fingerprint density at radius 1 is 1.29 bits per heavy atom. The number of aromatic nitrogens is 2. The molecule has 0 saturated heterocycles. The Hall–Kier alpha value is -2.01. The number of nitrogens with one attached hydrogen (secondary N) is 2. The van der Waals surface area contributed by atoms with Gasteiger partial charge in [0.05, 0.1) is 12.8 Å². The van der Waals surface area contributed by atoms with Crippen LogP contribution in [0.3, 0.4) is 0 Å². The zero-order valence-electron chi connectivity index (χ0n) is 12.2. The molecule has 0 radical (unpaired) electrons. The van der Waals surface area contributed by atoms with Gasteiger partial charge in [0.25, 0.3) is 0 Å². The van der Waals surface area contributed by atoms with Gasteiger partial charge in [-0.25, -0.2) is 4.98 Å². The Balaban J connectivity index is 2.16. The van der Waals surface area contributed by atoms with E-state index in [2.05, 4.69) is 27.5 Å². The number of benzene rings is 1. The van der Waals surface area contributed by atoms with Crippen molar-refractivity contribution in [3.05, 3.63) is 35.5 Å². The highest BCUT2D eigenvalue weighted by molar-refractivity contribution is 6.32. The number of rotatable bonds is 7. The summed E-state index contributed by atoms with van der Waals surface area (Å²) >= 11 is 6.13. The summed E-state index contributed by atoms with van der Waals surface area (Å²) in [6.45, 7) is 5.48. The maximum absolute atomic E-state index is 6.13. The molecule has 0 spiro atoms.